The molecular formula is C24H22N4O2S. The quantitative estimate of drug-likeness (QED) is 0.286. The maximum Gasteiger partial charge on any atom is 0.187 e. The number of hydrogen-bond acceptors (Lipinski definition) is 5. The van der Waals surface area contributed by atoms with Crippen LogP contribution in [0.25, 0.3) is 16.3 Å². The number of allylic oxidation sites excluding steroid dienone is 6. The van der Waals surface area contributed by atoms with E-state index in [-0.39, 0.29) is 10.3 Å². The Bertz CT molecular complexity index is 1290. The Balaban J connectivity index is 1.63. The van der Waals surface area contributed by atoms with Gasteiger partial charge in [-0.15, -0.1) is 10.2 Å². The van der Waals surface area contributed by atoms with E-state index in [0.717, 1.165) is 11.3 Å². The Labute approximate surface area is 183 Å². The van der Waals surface area contributed by atoms with Gasteiger partial charge in [0.15, 0.2) is 11.1 Å². The van der Waals surface area contributed by atoms with Gasteiger partial charge in [0, 0.05) is 16.2 Å². The van der Waals surface area contributed by atoms with Crippen molar-refractivity contribution in [3.8, 4) is 0 Å². The van der Waals surface area contributed by atoms with Gasteiger partial charge in [0.25, 0.3) is 0 Å². The van der Waals surface area contributed by atoms with Gasteiger partial charge in [-0.3, -0.25) is 4.98 Å². The van der Waals surface area contributed by atoms with Gasteiger partial charge in [0.05, 0.1) is 22.5 Å². The van der Waals surface area contributed by atoms with Gasteiger partial charge in [-0.05, 0) is 23.8 Å². The molecule has 1 aliphatic rings. The van der Waals surface area contributed by atoms with Gasteiger partial charge < -0.3 is 10.3 Å². The number of pyridine rings is 1. The van der Waals surface area contributed by atoms with Crippen LogP contribution in [-0.4, -0.2) is 13.7 Å². The topological polar surface area (TPSA) is 101 Å². The zero-order valence-electron chi connectivity index (χ0n) is 17.2. The monoisotopic (exact) mass is 430 g/mol. The molecule has 2 aromatic carbocycles. The third-order valence-corrected chi connectivity index (χ3v) is 5.74. The molecule has 0 saturated carbocycles. The van der Waals surface area contributed by atoms with Crippen LogP contribution in [0.15, 0.2) is 94.2 Å². The third kappa shape index (κ3) is 4.52. The maximum absolute atomic E-state index is 11.8. The number of benzene rings is 2. The van der Waals surface area contributed by atoms with Crippen molar-refractivity contribution >= 4 is 44.5 Å². The lowest BCUT2D eigenvalue weighted by molar-refractivity contribution is 0.565. The molecule has 0 spiro atoms. The summed E-state index contributed by atoms with van der Waals surface area (Å²) in [6.07, 6.45) is 12.0. The highest BCUT2D eigenvalue weighted by atomic mass is 32.2. The number of aromatic nitrogens is 1. The summed E-state index contributed by atoms with van der Waals surface area (Å²) in [5, 5.41) is 9.72. The summed E-state index contributed by atoms with van der Waals surface area (Å²) in [6.45, 7) is 4.29. The molecule has 0 radical (unpaired) electrons. The predicted octanol–water partition coefficient (Wildman–Crippen LogP) is 6.35. The minimum absolute atomic E-state index is 0.00326. The molecule has 0 fully saturated rings. The SMILES string of the molecule is CC1(C)C=CC=C(c2ccc(N=Nc3cc(S(=O)O)c4ccccc4c3N)cn2)C=C1. The van der Waals surface area contributed by atoms with Crippen molar-refractivity contribution in [1.82, 2.24) is 4.98 Å². The summed E-state index contributed by atoms with van der Waals surface area (Å²) in [4.78, 5) is 4.74. The second-order valence-electron chi connectivity index (χ2n) is 7.84. The van der Waals surface area contributed by atoms with E-state index in [2.05, 4.69) is 47.3 Å². The first-order valence-electron chi connectivity index (χ1n) is 9.73. The number of rotatable bonds is 4. The molecule has 1 heterocycles. The van der Waals surface area contributed by atoms with Gasteiger partial charge in [-0.1, -0.05) is 68.5 Å². The molecule has 4 rings (SSSR count). The Morgan fingerprint density at radius 2 is 1.84 bits per heavy atom. The van der Waals surface area contributed by atoms with Gasteiger partial charge in [-0.25, -0.2) is 4.21 Å². The van der Waals surface area contributed by atoms with Gasteiger partial charge in [0.2, 0.25) is 0 Å². The molecule has 1 aliphatic carbocycles. The highest BCUT2D eigenvalue weighted by molar-refractivity contribution is 7.79. The van der Waals surface area contributed by atoms with Crippen LogP contribution in [0.3, 0.4) is 0 Å². The van der Waals surface area contributed by atoms with Crippen LogP contribution in [0.4, 0.5) is 17.1 Å². The molecule has 156 valence electrons. The van der Waals surface area contributed by atoms with E-state index in [4.69, 9.17) is 5.73 Å². The smallest absolute Gasteiger partial charge is 0.187 e. The number of anilines is 1. The zero-order valence-corrected chi connectivity index (χ0v) is 18.0. The molecule has 0 amide bonds. The number of nitrogens with two attached hydrogens (primary N) is 1. The van der Waals surface area contributed by atoms with Gasteiger partial charge >= 0.3 is 0 Å². The molecule has 6 nitrogen and oxygen atoms in total. The van der Waals surface area contributed by atoms with E-state index in [9.17, 15) is 8.76 Å². The Kier molecular flexibility index (Phi) is 5.63. The molecule has 0 aliphatic heterocycles. The number of fused-ring (bicyclic) bond motifs is 1. The molecule has 1 unspecified atom stereocenters. The normalized spacial score (nSPS) is 16.4. The van der Waals surface area contributed by atoms with E-state index in [1.807, 2.05) is 30.4 Å². The van der Waals surface area contributed by atoms with Crippen LogP contribution in [0, 0.1) is 5.41 Å². The van der Waals surface area contributed by atoms with Crippen LogP contribution < -0.4 is 5.73 Å². The molecule has 0 bridgehead atoms. The van der Waals surface area contributed by atoms with Crippen LogP contribution in [0.1, 0.15) is 19.5 Å². The largest absolute Gasteiger partial charge is 0.396 e. The van der Waals surface area contributed by atoms with E-state index >= 15 is 0 Å². The Morgan fingerprint density at radius 1 is 1.06 bits per heavy atom. The lowest BCUT2D eigenvalue weighted by atomic mass is 9.93. The van der Waals surface area contributed by atoms with Gasteiger partial charge in [-0.2, -0.15) is 0 Å². The highest BCUT2D eigenvalue weighted by Gasteiger charge is 2.14. The molecule has 3 N–H and O–H groups in total. The van der Waals surface area contributed by atoms with Crippen molar-refractivity contribution in [1.29, 1.82) is 0 Å². The summed E-state index contributed by atoms with van der Waals surface area (Å²) in [6, 6.07) is 12.4. The fourth-order valence-corrected chi connectivity index (χ4v) is 3.87. The van der Waals surface area contributed by atoms with Crippen molar-refractivity contribution in [3.63, 3.8) is 0 Å². The van der Waals surface area contributed by atoms with E-state index in [1.54, 1.807) is 24.4 Å². The van der Waals surface area contributed by atoms with Crippen LogP contribution in [0.2, 0.25) is 0 Å². The second kappa shape index (κ2) is 8.37. The molecular weight excluding hydrogens is 408 g/mol. The third-order valence-electron chi connectivity index (χ3n) is 5.03. The second-order valence-corrected chi connectivity index (χ2v) is 8.78. The number of nitrogen functional groups attached to an aromatic ring is 1. The zero-order chi connectivity index (χ0) is 22.0. The van der Waals surface area contributed by atoms with Crippen molar-refractivity contribution in [2.24, 2.45) is 15.6 Å². The number of azo groups is 1. The van der Waals surface area contributed by atoms with Gasteiger partial charge in [0.1, 0.15) is 11.4 Å². The van der Waals surface area contributed by atoms with Crippen LogP contribution >= 0.6 is 0 Å². The first kappa shape index (κ1) is 20.8. The molecule has 7 heteroatoms. The van der Waals surface area contributed by atoms with Crippen molar-refractivity contribution < 1.29 is 8.76 Å². The number of hydrogen-bond donors (Lipinski definition) is 2. The first-order valence-corrected chi connectivity index (χ1v) is 10.8. The standard InChI is InChI=1S/C24H22N4O2S/c1-24(2)12-5-6-16(11-13-24)20-10-9-17(15-26-20)27-28-21-14-22(31(29)30)18-7-3-4-8-19(18)23(21)25/h3-15H,25H2,1-2H3,(H,29,30). The average molecular weight is 431 g/mol. The summed E-state index contributed by atoms with van der Waals surface area (Å²) in [5.41, 5.74) is 9.38. The molecule has 3 aromatic rings. The maximum atomic E-state index is 11.8. The summed E-state index contributed by atoms with van der Waals surface area (Å²) < 4.78 is 21.4. The van der Waals surface area contributed by atoms with E-state index in [1.165, 1.54) is 6.07 Å². The lowest BCUT2D eigenvalue weighted by Crippen LogP contribution is -2.00. The predicted molar refractivity (Wildman–Crippen MR) is 126 cm³/mol. The lowest BCUT2D eigenvalue weighted by Gasteiger charge is -2.12. The van der Waals surface area contributed by atoms with Crippen molar-refractivity contribution in [2.75, 3.05) is 5.73 Å². The van der Waals surface area contributed by atoms with E-state index < -0.39 is 11.1 Å². The molecule has 1 atom stereocenters. The fraction of sp³-hybridized carbons (Fsp3) is 0.125. The van der Waals surface area contributed by atoms with Crippen LogP contribution in [0.5, 0.6) is 0 Å². The molecule has 31 heavy (non-hydrogen) atoms. The average Bonchev–Trinajstić information content (AvgIpc) is 2.94. The summed E-state index contributed by atoms with van der Waals surface area (Å²) in [7, 11) is 0. The summed E-state index contributed by atoms with van der Waals surface area (Å²) >= 11 is -2.17. The molecule has 1 aromatic heterocycles. The van der Waals surface area contributed by atoms with Crippen molar-refractivity contribution in [2.45, 2.75) is 18.7 Å². The summed E-state index contributed by atoms with van der Waals surface area (Å²) in [5.74, 6) is 0. The first-order chi connectivity index (χ1) is 14.8. The van der Waals surface area contributed by atoms with Crippen molar-refractivity contribution in [3.05, 3.63) is 84.7 Å². The fourth-order valence-electron chi connectivity index (χ4n) is 3.29. The highest BCUT2D eigenvalue weighted by Crippen LogP contribution is 2.36. The van der Waals surface area contributed by atoms with E-state index in [0.29, 0.717) is 27.8 Å². The van der Waals surface area contributed by atoms with Crippen LogP contribution in [-0.2, 0) is 11.1 Å². The minimum Gasteiger partial charge on any atom is -0.396 e. The number of nitrogens with zero attached hydrogens (tertiary/aromatic N) is 3. The Hall–Kier alpha value is -3.42. The minimum atomic E-state index is -2.17. The molecule has 0 saturated heterocycles. The Morgan fingerprint density at radius 3 is 2.55 bits per heavy atom.